The highest BCUT2D eigenvalue weighted by molar-refractivity contribution is 5.97. The van der Waals surface area contributed by atoms with Crippen molar-refractivity contribution >= 4 is 23.7 Å². The van der Waals surface area contributed by atoms with Crippen LogP contribution in [0.1, 0.15) is 36.7 Å². The third kappa shape index (κ3) is 7.30. The average Bonchev–Trinajstić information content (AvgIpc) is 2.55. The molecule has 134 valence electrons. The lowest BCUT2D eigenvalue weighted by Gasteiger charge is -2.19. The van der Waals surface area contributed by atoms with Crippen LogP contribution in [0.3, 0.4) is 0 Å². The molecule has 4 N–H and O–H groups in total. The fraction of sp³-hybridized carbons (Fsp3) is 0.294. The summed E-state index contributed by atoms with van der Waals surface area (Å²) in [6.07, 6.45) is 1.38. The van der Waals surface area contributed by atoms with E-state index in [1.165, 1.54) is 0 Å². The van der Waals surface area contributed by atoms with Crippen molar-refractivity contribution in [1.29, 1.82) is 0 Å². The van der Waals surface area contributed by atoms with E-state index in [1.807, 2.05) is 23.0 Å². The van der Waals surface area contributed by atoms with Crippen molar-refractivity contribution in [2.75, 3.05) is 6.54 Å². The van der Waals surface area contributed by atoms with Gasteiger partial charge in [-0.05, 0) is 23.1 Å². The van der Waals surface area contributed by atoms with Gasteiger partial charge >= 0.3 is 5.97 Å². The summed E-state index contributed by atoms with van der Waals surface area (Å²) in [5, 5.41) is 10.8. The van der Waals surface area contributed by atoms with E-state index in [0.717, 1.165) is 11.6 Å². The van der Waals surface area contributed by atoms with Gasteiger partial charge in [0.15, 0.2) is 0 Å². The molecule has 0 spiro atoms. The zero-order chi connectivity index (χ0) is 19.0. The number of hydrogen-bond acceptors (Lipinski definition) is 4. The SMILES string of the molecule is CC(C)(C)c1ccc(C(=O)NCC(=O)NNC(=O)/C=C/C(=O)O)cc1. The van der Waals surface area contributed by atoms with E-state index in [2.05, 4.69) is 26.1 Å². The lowest BCUT2D eigenvalue weighted by molar-refractivity contribution is -0.131. The monoisotopic (exact) mass is 347 g/mol. The van der Waals surface area contributed by atoms with Gasteiger partial charge in [0.05, 0.1) is 6.54 Å². The Morgan fingerprint density at radius 3 is 2.12 bits per heavy atom. The van der Waals surface area contributed by atoms with Crippen molar-refractivity contribution in [2.45, 2.75) is 26.2 Å². The Hall–Kier alpha value is -3.16. The maximum atomic E-state index is 12.0. The number of nitrogens with one attached hydrogen (secondary N) is 3. The van der Waals surface area contributed by atoms with Crippen LogP contribution in [-0.2, 0) is 19.8 Å². The highest BCUT2D eigenvalue weighted by atomic mass is 16.4. The Morgan fingerprint density at radius 2 is 1.60 bits per heavy atom. The van der Waals surface area contributed by atoms with Crippen LogP contribution in [-0.4, -0.2) is 35.3 Å². The predicted molar refractivity (Wildman–Crippen MR) is 90.5 cm³/mol. The summed E-state index contributed by atoms with van der Waals surface area (Å²) in [4.78, 5) is 44.9. The first kappa shape index (κ1) is 19.9. The lowest BCUT2D eigenvalue weighted by atomic mass is 9.87. The zero-order valence-electron chi connectivity index (χ0n) is 14.3. The molecule has 0 saturated heterocycles. The summed E-state index contributed by atoms with van der Waals surface area (Å²) in [6.45, 7) is 5.84. The predicted octanol–water partition coefficient (Wildman–Crippen LogP) is 0.502. The van der Waals surface area contributed by atoms with E-state index in [9.17, 15) is 19.2 Å². The fourth-order valence-corrected chi connectivity index (χ4v) is 1.75. The smallest absolute Gasteiger partial charge is 0.328 e. The van der Waals surface area contributed by atoms with E-state index in [1.54, 1.807) is 12.1 Å². The molecule has 0 atom stereocenters. The molecule has 1 aromatic carbocycles. The average molecular weight is 347 g/mol. The van der Waals surface area contributed by atoms with Gasteiger partial charge in [-0.15, -0.1) is 0 Å². The van der Waals surface area contributed by atoms with Crippen LogP contribution in [0, 0.1) is 0 Å². The number of carboxylic acid groups (broad SMARTS) is 1. The van der Waals surface area contributed by atoms with Crippen LogP contribution in [0.2, 0.25) is 0 Å². The molecule has 8 heteroatoms. The molecule has 0 bridgehead atoms. The second-order valence-electron chi connectivity index (χ2n) is 6.22. The number of carbonyl (C=O) groups excluding carboxylic acids is 3. The second kappa shape index (κ2) is 8.62. The second-order valence-corrected chi connectivity index (χ2v) is 6.22. The molecular weight excluding hydrogens is 326 g/mol. The first-order valence-corrected chi connectivity index (χ1v) is 7.48. The van der Waals surface area contributed by atoms with E-state index < -0.39 is 23.7 Å². The number of carbonyl (C=O) groups is 4. The molecule has 3 amide bonds. The third-order valence-electron chi connectivity index (χ3n) is 3.13. The molecule has 1 rings (SSSR count). The first-order valence-electron chi connectivity index (χ1n) is 7.48. The minimum absolute atomic E-state index is 0.0256. The molecule has 1 aromatic rings. The summed E-state index contributed by atoms with van der Waals surface area (Å²) in [6, 6.07) is 7.05. The van der Waals surface area contributed by atoms with Crippen molar-refractivity contribution in [2.24, 2.45) is 0 Å². The normalized spacial score (nSPS) is 11.0. The molecule has 0 aromatic heterocycles. The van der Waals surface area contributed by atoms with E-state index in [4.69, 9.17) is 5.11 Å². The van der Waals surface area contributed by atoms with Crippen molar-refractivity contribution < 1.29 is 24.3 Å². The molecule has 0 radical (unpaired) electrons. The van der Waals surface area contributed by atoms with Gasteiger partial charge in [-0.1, -0.05) is 32.9 Å². The van der Waals surface area contributed by atoms with E-state index in [-0.39, 0.29) is 12.0 Å². The summed E-state index contributed by atoms with van der Waals surface area (Å²) >= 11 is 0. The molecule has 0 aliphatic carbocycles. The third-order valence-corrected chi connectivity index (χ3v) is 3.13. The molecule has 8 nitrogen and oxygen atoms in total. The molecule has 0 unspecified atom stereocenters. The van der Waals surface area contributed by atoms with Gasteiger partial charge < -0.3 is 10.4 Å². The first-order chi connectivity index (χ1) is 11.6. The highest BCUT2D eigenvalue weighted by Crippen LogP contribution is 2.22. The molecule has 0 saturated carbocycles. The highest BCUT2D eigenvalue weighted by Gasteiger charge is 2.14. The topological polar surface area (TPSA) is 125 Å². The number of amides is 3. The molecule has 0 aliphatic rings. The molecule has 0 fully saturated rings. The van der Waals surface area contributed by atoms with Gasteiger partial charge in [-0.2, -0.15) is 0 Å². The summed E-state index contributed by atoms with van der Waals surface area (Å²) in [5.41, 5.74) is 5.50. The Morgan fingerprint density at radius 1 is 1.00 bits per heavy atom. The van der Waals surface area contributed by atoms with Gasteiger partial charge in [0.1, 0.15) is 0 Å². The van der Waals surface area contributed by atoms with Gasteiger partial charge in [-0.3, -0.25) is 25.2 Å². The Labute approximate surface area is 145 Å². The quantitative estimate of drug-likeness (QED) is 0.456. The van der Waals surface area contributed by atoms with E-state index >= 15 is 0 Å². The zero-order valence-corrected chi connectivity index (χ0v) is 14.3. The van der Waals surface area contributed by atoms with Gasteiger partial charge in [0.25, 0.3) is 17.7 Å². The number of hydrogen-bond donors (Lipinski definition) is 4. The minimum Gasteiger partial charge on any atom is -0.478 e. The maximum absolute atomic E-state index is 12.0. The number of rotatable bonds is 5. The Balaban J connectivity index is 2.44. The largest absolute Gasteiger partial charge is 0.478 e. The number of aliphatic carboxylic acids is 1. The Bertz CT molecular complexity index is 687. The van der Waals surface area contributed by atoms with Crippen molar-refractivity contribution in [1.82, 2.24) is 16.2 Å². The summed E-state index contributed by atoms with van der Waals surface area (Å²) in [5.74, 6) is -3.17. The van der Waals surface area contributed by atoms with Gasteiger partial charge in [-0.25, -0.2) is 4.79 Å². The summed E-state index contributed by atoms with van der Waals surface area (Å²) < 4.78 is 0. The van der Waals surface area contributed by atoms with Gasteiger partial charge in [0.2, 0.25) is 0 Å². The fourth-order valence-electron chi connectivity index (χ4n) is 1.75. The van der Waals surface area contributed by atoms with Crippen LogP contribution in [0.15, 0.2) is 36.4 Å². The van der Waals surface area contributed by atoms with Crippen LogP contribution < -0.4 is 16.2 Å². The van der Waals surface area contributed by atoms with Gasteiger partial charge in [0, 0.05) is 17.7 Å². The number of benzene rings is 1. The molecule has 0 aliphatic heterocycles. The van der Waals surface area contributed by atoms with Crippen molar-refractivity contribution in [3.05, 3.63) is 47.5 Å². The van der Waals surface area contributed by atoms with Crippen LogP contribution >= 0.6 is 0 Å². The number of carboxylic acids is 1. The van der Waals surface area contributed by atoms with Crippen molar-refractivity contribution in [3.63, 3.8) is 0 Å². The lowest BCUT2D eigenvalue weighted by Crippen LogP contribution is -2.45. The van der Waals surface area contributed by atoms with Crippen LogP contribution in [0.4, 0.5) is 0 Å². The van der Waals surface area contributed by atoms with E-state index in [0.29, 0.717) is 11.6 Å². The minimum atomic E-state index is -1.29. The van der Waals surface area contributed by atoms with Crippen LogP contribution in [0.5, 0.6) is 0 Å². The Kier molecular flexibility index (Phi) is 6.86. The summed E-state index contributed by atoms with van der Waals surface area (Å²) in [7, 11) is 0. The molecule has 0 heterocycles. The van der Waals surface area contributed by atoms with Crippen LogP contribution in [0.25, 0.3) is 0 Å². The van der Waals surface area contributed by atoms with Crippen molar-refractivity contribution in [3.8, 4) is 0 Å². The maximum Gasteiger partial charge on any atom is 0.328 e. The molecule has 25 heavy (non-hydrogen) atoms. The molecular formula is C17H21N3O5. The number of hydrazine groups is 1. The standard InChI is InChI=1S/C17H21N3O5/c1-17(2,3)12-6-4-11(5-7-12)16(25)18-10-14(22)20-19-13(21)8-9-15(23)24/h4-9H,10H2,1-3H3,(H,18,25)(H,19,21)(H,20,22)(H,23,24)/b9-8+.